The summed E-state index contributed by atoms with van der Waals surface area (Å²) in [7, 11) is 3.75. The van der Waals surface area contributed by atoms with E-state index in [4.69, 9.17) is 4.74 Å². The molecule has 0 aliphatic heterocycles. The van der Waals surface area contributed by atoms with Crippen LogP contribution in [-0.4, -0.2) is 20.2 Å². The van der Waals surface area contributed by atoms with Crippen LogP contribution in [0.5, 0.6) is 5.75 Å². The van der Waals surface area contributed by atoms with Crippen molar-refractivity contribution < 1.29 is 4.74 Å². The molecule has 112 valence electrons. The average molecular weight is 348 g/mol. The topological polar surface area (TPSA) is 21.3 Å². The highest BCUT2D eigenvalue weighted by atomic mass is 79.9. The van der Waals surface area contributed by atoms with E-state index in [0.29, 0.717) is 6.04 Å². The molecular weight excluding hydrogens is 326 g/mol. The van der Waals surface area contributed by atoms with E-state index in [1.165, 1.54) is 16.7 Å². The molecule has 0 amide bonds. The van der Waals surface area contributed by atoms with Gasteiger partial charge in [0.05, 0.1) is 7.11 Å². The minimum Gasteiger partial charge on any atom is -0.496 e. The number of ether oxygens (including phenoxy) is 1. The number of methoxy groups -OCH3 is 1. The summed E-state index contributed by atoms with van der Waals surface area (Å²) in [5, 5.41) is 3.42. The number of hydrogen-bond donors (Lipinski definition) is 1. The Morgan fingerprint density at radius 3 is 2.62 bits per heavy atom. The lowest BCUT2D eigenvalue weighted by atomic mass is 9.97. The fraction of sp³-hybridized carbons (Fsp3) is 0.333. The highest BCUT2D eigenvalue weighted by Crippen LogP contribution is 2.22. The molecule has 2 aromatic carbocycles. The van der Waals surface area contributed by atoms with E-state index in [1.54, 1.807) is 7.11 Å². The maximum absolute atomic E-state index is 5.48. The summed E-state index contributed by atoms with van der Waals surface area (Å²) in [5.74, 6) is 0.968. The van der Waals surface area contributed by atoms with Gasteiger partial charge in [-0.25, -0.2) is 0 Å². The fourth-order valence-electron chi connectivity index (χ4n) is 2.56. The Labute approximate surface area is 135 Å². The Hall–Kier alpha value is -1.32. The molecule has 2 aromatic rings. The fourth-order valence-corrected chi connectivity index (χ4v) is 3.00. The van der Waals surface area contributed by atoms with E-state index in [1.807, 2.05) is 7.05 Å². The van der Waals surface area contributed by atoms with Crippen LogP contribution < -0.4 is 10.1 Å². The third kappa shape index (κ3) is 4.58. The Balaban J connectivity index is 2.14. The van der Waals surface area contributed by atoms with Crippen LogP contribution in [0.1, 0.15) is 16.7 Å². The van der Waals surface area contributed by atoms with Gasteiger partial charge in [0.2, 0.25) is 0 Å². The molecular formula is C18H22BrNO. The lowest BCUT2D eigenvalue weighted by molar-refractivity contribution is 0.405. The minimum absolute atomic E-state index is 0.384. The second-order valence-electron chi connectivity index (χ2n) is 5.34. The van der Waals surface area contributed by atoms with E-state index in [9.17, 15) is 0 Å². The summed E-state index contributed by atoms with van der Waals surface area (Å²) >= 11 is 3.53. The Bertz CT molecular complexity index is 598. The first-order valence-electron chi connectivity index (χ1n) is 7.17. The summed E-state index contributed by atoms with van der Waals surface area (Å²) in [5.41, 5.74) is 3.85. The zero-order valence-electron chi connectivity index (χ0n) is 12.8. The van der Waals surface area contributed by atoms with Crippen molar-refractivity contribution in [3.05, 3.63) is 63.6 Å². The smallest absolute Gasteiger partial charge is 0.122 e. The predicted molar refractivity (Wildman–Crippen MR) is 92.1 cm³/mol. The maximum Gasteiger partial charge on any atom is 0.122 e. The van der Waals surface area contributed by atoms with Gasteiger partial charge < -0.3 is 10.1 Å². The Morgan fingerprint density at radius 2 is 1.95 bits per heavy atom. The molecule has 0 aromatic heterocycles. The molecule has 0 saturated heterocycles. The molecule has 1 N–H and O–H groups in total. The summed E-state index contributed by atoms with van der Waals surface area (Å²) in [4.78, 5) is 0. The molecule has 1 atom stereocenters. The number of nitrogens with one attached hydrogen (secondary N) is 1. The van der Waals surface area contributed by atoms with Gasteiger partial charge >= 0.3 is 0 Å². The van der Waals surface area contributed by atoms with Gasteiger partial charge in [0.25, 0.3) is 0 Å². The summed E-state index contributed by atoms with van der Waals surface area (Å²) < 4.78 is 6.61. The van der Waals surface area contributed by atoms with Crippen molar-refractivity contribution in [1.29, 1.82) is 0 Å². The first-order valence-corrected chi connectivity index (χ1v) is 7.97. The average Bonchev–Trinajstić information content (AvgIpc) is 2.47. The summed E-state index contributed by atoms with van der Waals surface area (Å²) in [6.07, 6.45) is 1.95. The van der Waals surface area contributed by atoms with Crippen molar-refractivity contribution in [2.45, 2.75) is 25.8 Å². The normalized spacial score (nSPS) is 12.2. The third-order valence-electron chi connectivity index (χ3n) is 3.68. The molecule has 21 heavy (non-hydrogen) atoms. The van der Waals surface area contributed by atoms with Crippen LogP contribution in [0.3, 0.4) is 0 Å². The minimum atomic E-state index is 0.384. The van der Waals surface area contributed by atoms with Gasteiger partial charge in [-0.15, -0.1) is 0 Å². The van der Waals surface area contributed by atoms with Crippen molar-refractivity contribution in [3.8, 4) is 5.75 Å². The van der Waals surface area contributed by atoms with Gasteiger partial charge in [-0.05, 0) is 56.1 Å². The van der Waals surface area contributed by atoms with Crippen molar-refractivity contribution >= 4 is 15.9 Å². The monoisotopic (exact) mass is 347 g/mol. The number of halogens is 1. The molecule has 0 heterocycles. The lowest BCUT2D eigenvalue weighted by Crippen LogP contribution is -2.30. The van der Waals surface area contributed by atoms with Crippen LogP contribution in [0.25, 0.3) is 0 Å². The van der Waals surface area contributed by atoms with Crippen LogP contribution in [0, 0.1) is 6.92 Å². The second kappa shape index (κ2) is 7.62. The predicted octanol–water partition coefficient (Wildman–Crippen LogP) is 4.14. The molecule has 2 rings (SSSR count). The molecule has 2 nitrogen and oxygen atoms in total. The van der Waals surface area contributed by atoms with Gasteiger partial charge in [0.1, 0.15) is 5.75 Å². The van der Waals surface area contributed by atoms with Crippen LogP contribution in [0.4, 0.5) is 0 Å². The number of likely N-dealkylation sites (N-methyl/N-ethyl adjacent to an activating group) is 1. The molecule has 0 aliphatic rings. The maximum atomic E-state index is 5.48. The molecule has 0 spiro atoms. The van der Waals surface area contributed by atoms with Crippen LogP contribution in [0.2, 0.25) is 0 Å². The zero-order chi connectivity index (χ0) is 15.2. The Kier molecular flexibility index (Phi) is 5.83. The quantitative estimate of drug-likeness (QED) is 0.847. The van der Waals surface area contributed by atoms with Gasteiger partial charge in [-0.2, -0.15) is 0 Å². The van der Waals surface area contributed by atoms with Crippen LogP contribution >= 0.6 is 15.9 Å². The van der Waals surface area contributed by atoms with Crippen molar-refractivity contribution in [2.75, 3.05) is 14.2 Å². The molecule has 0 saturated carbocycles. The van der Waals surface area contributed by atoms with E-state index in [0.717, 1.165) is 23.1 Å². The van der Waals surface area contributed by atoms with Gasteiger partial charge in [0.15, 0.2) is 0 Å². The first kappa shape index (κ1) is 16.1. The Morgan fingerprint density at radius 1 is 1.14 bits per heavy atom. The summed E-state index contributed by atoms with van der Waals surface area (Å²) in [6.45, 7) is 2.12. The number of aryl methyl sites for hydroxylation is 1. The first-order chi connectivity index (χ1) is 10.1. The lowest BCUT2D eigenvalue weighted by Gasteiger charge is -2.18. The highest BCUT2D eigenvalue weighted by molar-refractivity contribution is 9.10. The van der Waals surface area contributed by atoms with E-state index < -0.39 is 0 Å². The van der Waals surface area contributed by atoms with Gasteiger partial charge in [-0.3, -0.25) is 0 Å². The van der Waals surface area contributed by atoms with Gasteiger partial charge in [-0.1, -0.05) is 45.8 Å². The van der Waals surface area contributed by atoms with Crippen molar-refractivity contribution in [2.24, 2.45) is 0 Å². The number of benzene rings is 2. The largest absolute Gasteiger partial charge is 0.496 e. The molecule has 1 unspecified atom stereocenters. The third-order valence-corrected chi connectivity index (χ3v) is 4.17. The highest BCUT2D eigenvalue weighted by Gasteiger charge is 2.12. The van der Waals surface area contributed by atoms with Gasteiger partial charge in [0, 0.05) is 10.5 Å². The van der Waals surface area contributed by atoms with E-state index in [-0.39, 0.29) is 0 Å². The standard InChI is InChI=1S/C18H22BrNO/c1-13-7-8-18(21-3)15(9-13)12-17(20-2)11-14-5-4-6-16(19)10-14/h4-10,17,20H,11-12H2,1-3H3. The molecule has 0 aliphatic carbocycles. The molecule has 0 bridgehead atoms. The van der Waals surface area contributed by atoms with Crippen LogP contribution in [0.15, 0.2) is 46.9 Å². The molecule has 3 heteroatoms. The summed E-state index contributed by atoms with van der Waals surface area (Å²) in [6, 6.07) is 15.2. The van der Waals surface area contributed by atoms with Crippen molar-refractivity contribution in [3.63, 3.8) is 0 Å². The zero-order valence-corrected chi connectivity index (χ0v) is 14.4. The van der Waals surface area contributed by atoms with E-state index in [2.05, 4.69) is 70.6 Å². The van der Waals surface area contributed by atoms with Crippen molar-refractivity contribution in [1.82, 2.24) is 5.32 Å². The number of hydrogen-bond acceptors (Lipinski definition) is 2. The second-order valence-corrected chi connectivity index (χ2v) is 6.25. The molecule has 0 fully saturated rings. The SMILES string of the molecule is CNC(Cc1cccc(Br)c1)Cc1cc(C)ccc1OC. The van der Waals surface area contributed by atoms with E-state index >= 15 is 0 Å². The number of rotatable bonds is 6. The molecule has 0 radical (unpaired) electrons. The van der Waals surface area contributed by atoms with Crippen LogP contribution in [-0.2, 0) is 12.8 Å².